The molecule has 0 saturated heterocycles. The zero-order valence-corrected chi connectivity index (χ0v) is 50.7. The molecule has 0 aromatic carbocycles. The zero-order valence-electron chi connectivity index (χ0n) is 50.7. The number of carbonyl (C=O) groups excluding carboxylic acids is 3. The minimum absolute atomic E-state index is 0.0907. The standard InChI is InChI=1S/C71H122O6/c1-4-7-10-13-16-19-22-24-26-28-30-32-34-35-37-38-40-42-44-46-49-52-55-58-61-64-70(73)76-67-68(66-75-69(72)63-60-57-54-51-48-21-18-15-12-9-6-3)77-71(74)65-62-59-56-53-50-47-45-43-41-39-36-33-31-29-27-25-23-20-17-14-11-8-5-2/h7,10,15-16,18-19,24,26,30,32,35,37,40,42,46,49,68H,4-6,8-9,11-14,17,20-23,25,27-29,31,33-34,36,38-39,41,43-45,47-48,50-67H2,1-3H3/b10-7-,18-15-,19-16-,26-24-,32-30-,37-35-,42-40-,49-46-. The average Bonchev–Trinajstić information content (AvgIpc) is 3.43. The Bertz CT molecular complexity index is 1510. The van der Waals surface area contributed by atoms with Gasteiger partial charge in [0.15, 0.2) is 6.10 Å². The van der Waals surface area contributed by atoms with Crippen molar-refractivity contribution in [3.63, 3.8) is 0 Å². The summed E-state index contributed by atoms with van der Waals surface area (Å²) >= 11 is 0. The smallest absolute Gasteiger partial charge is 0.306 e. The van der Waals surface area contributed by atoms with E-state index in [4.69, 9.17) is 14.2 Å². The maximum Gasteiger partial charge on any atom is 0.306 e. The van der Waals surface area contributed by atoms with E-state index >= 15 is 0 Å². The van der Waals surface area contributed by atoms with E-state index in [0.717, 1.165) is 116 Å². The van der Waals surface area contributed by atoms with Crippen LogP contribution in [0, 0.1) is 0 Å². The Balaban J connectivity index is 4.33. The molecule has 0 fully saturated rings. The SMILES string of the molecule is CC/C=C\C/C=C\C/C=C\C/C=C\C/C=C\C/C=C\C/C=C\CCCCCC(=O)OCC(COC(=O)CCCCCCC/C=C\CCCC)OC(=O)CCCCCCCCCCCCCCCCCCCCCCCCC. The van der Waals surface area contributed by atoms with Gasteiger partial charge in [0.05, 0.1) is 0 Å². The summed E-state index contributed by atoms with van der Waals surface area (Å²) in [5.41, 5.74) is 0. The number of ether oxygens (including phenoxy) is 3. The van der Waals surface area contributed by atoms with Crippen LogP contribution < -0.4 is 0 Å². The van der Waals surface area contributed by atoms with Crippen LogP contribution in [0.25, 0.3) is 0 Å². The summed E-state index contributed by atoms with van der Waals surface area (Å²) in [4.78, 5) is 38.3. The predicted molar refractivity (Wildman–Crippen MR) is 334 cm³/mol. The third-order valence-electron chi connectivity index (χ3n) is 14.1. The monoisotopic (exact) mass is 1070 g/mol. The summed E-state index contributed by atoms with van der Waals surface area (Å²) in [5, 5.41) is 0. The summed E-state index contributed by atoms with van der Waals surface area (Å²) in [5.74, 6) is -0.922. The first-order chi connectivity index (χ1) is 38.0. The van der Waals surface area contributed by atoms with E-state index in [1.165, 1.54) is 161 Å². The lowest BCUT2D eigenvalue weighted by atomic mass is 10.0. The number of unbranched alkanes of at least 4 members (excludes halogenated alkanes) is 32. The predicted octanol–water partition coefficient (Wildman–Crippen LogP) is 22.4. The van der Waals surface area contributed by atoms with Crippen LogP contribution in [-0.2, 0) is 28.6 Å². The summed E-state index contributed by atoms with van der Waals surface area (Å²) in [7, 11) is 0. The van der Waals surface area contributed by atoms with Gasteiger partial charge in [-0.15, -0.1) is 0 Å². The van der Waals surface area contributed by atoms with Crippen LogP contribution in [0.15, 0.2) is 97.2 Å². The lowest BCUT2D eigenvalue weighted by molar-refractivity contribution is -0.167. The van der Waals surface area contributed by atoms with Crippen molar-refractivity contribution in [2.45, 2.75) is 322 Å². The van der Waals surface area contributed by atoms with E-state index < -0.39 is 6.10 Å². The third kappa shape index (κ3) is 63.0. The number of carbonyl (C=O) groups is 3. The largest absolute Gasteiger partial charge is 0.462 e. The van der Waals surface area contributed by atoms with Crippen molar-refractivity contribution in [3.05, 3.63) is 97.2 Å². The Morgan fingerprint density at radius 3 is 0.857 bits per heavy atom. The van der Waals surface area contributed by atoms with Crippen molar-refractivity contribution in [3.8, 4) is 0 Å². The maximum absolute atomic E-state index is 12.9. The fourth-order valence-corrected chi connectivity index (χ4v) is 9.17. The molecule has 0 bridgehead atoms. The summed E-state index contributed by atoms with van der Waals surface area (Å²) in [6, 6.07) is 0. The van der Waals surface area contributed by atoms with Gasteiger partial charge in [0.25, 0.3) is 0 Å². The first-order valence-corrected chi connectivity index (χ1v) is 32.7. The van der Waals surface area contributed by atoms with Crippen molar-refractivity contribution in [2.24, 2.45) is 0 Å². The van der Waals surface area contributed by atoms with Gasteiger partial charge < -0.3 is 14.2 Å². The molecule has 77 heavy (non-hydrogen) atoms. The van der Waals surface area contributed by atoms with Crippen molar-refractivity contribution in [1.29, 1.82) is 0 Å². The van der Waals surface area contributed by atoms with E-state index in [-0.39, 0.29) is 31.1 Å². The molecular weight excluding hydrogens is 949 g/mol. The molecule has 0 spiro atoms. The van der Waals surface area contributed by atoms with Gasteiger partial charge in [0, 0.05) is 19.3 Å². The molecular formula is C71H122O6. The number of allylic oxidation sites excluding steroid dienone is 16. The molecule has 0 aliphatic rings. The first kappa shape index (κ1) is 73.3. The Kier molecular flexibility index (Phi) is 61.8. The van der Waals surface area contributed by atoms with Crippen molar-refractivity contribution < 1.29 is 28.6 Å². The van der Waals surface area contributed by atoms with Gasteiger partial charge in [-0.25, -0.2) is 0 Å². The van der Waals surface area contributed by atoms with Gasteiger partial charge in [0.1, 0.15) is 13.2 Å². The van der Waals surface area contributed by atoms with Crippen molar-refractivity contribution in [1.82, 2.24) is 0 Å². The Morgan fingerprint density at radius 1 is 0.273 bits per heavy atom. The molecule has 0 rings (SSSR count). The minimum Gasteiger partial charge on any atom is -0.462 e. The number of hydrogen-bond acceptors (Lipinski definition) is 6. The number of esters is 3. The Hall–Kier alpha value is -3.67. The Labute approximate surface area is 477 Å². The molecule has 0 aliphatic heterocycles. The number of rotatable bonds is 59. The fraction of sp³-hybridized carbons (Fsp3) is 0.732. The summed E-state index contributed by atoms with van der Waals surface area (Å²) < 4.78 is 16.9. The molecule has 0 aliphatic carbocycles. The van der Waals surface area contributed by atoms with E-state index in [1.807, 2.05) is 0 Å². The number of hydrogen-bond donors (Lipinski definition) is 0. The van der Waals surface area contributed by atoms with Gasteiger partial charge in [0.2, 0.25) is 0 Å². The highest BCUT2D eigenvalue weighted by molar-refractivity contribution is 5.71. The second-order valence-electron chi connectivity index (χ2n) is 21.6. The van der Waals surface area contributed by atoms with Gasteiger partial charge in [-0.05, 0) is 96.3 Å². The van der Waals surface area contributed by atoms with Gasteiger partial charge >= 0.3 is 17.9 Å². The topological polar surface area (TPSA) is 78.9 Å². The highest BCUT2D eigenvalue weighted by Gasteiger charge is 2.19. The highest BCUT2D eigenvalue weighted by atomic mass is 16.6. The van der Waals surface area contributed by atoms with Crippen LogP contribution in [0.4, 0.5) is 0 Å². The maximum atomic E-state index is 12.9. The molecule has 0 radical (unpaired) electrons. The van der Waals surface area contributed by atoms with Crippen LogP contribution >= 0.6 is 0 Å². The molecule has 6 heteroatoms. The second-order valence-corrected chi connectivity index (χ2v) is 21.6. The molecule has 1 atom stereocenters. The quantitative estimate of drug-likeness (QED) is 0.0261. The van der Waals surface area contributed by atoms with Crippen LogP contribution in [0.5, 0.6) is 0 Å². The van der Waals surface area contributed by atoms with Crippen molar-refractivity contribution >= 4 is 17.9 Å². The summed E-state index contributed by atoms with van der Waals surface area (Å²) in [6.07, 6.45) is 87.1. The van der Waals surface area contributed by atoms with E-state index in [1.54, 1.807) is 0 Å². The highest BCUT2D eigenvalue weighted by Crippen LogP contribution is 2.17. The lowest BCUT2D eigenvalue weighted by Crippen LogP contribution is -2.30. The fourth-order valence-electron chi connectivity index (χ4n) is 9.17. The minimum atomic E-state index is -0.795. The van der Waals surface area contributed by atoms with E-state index in [9.17, 15) is 14.4 Å². The third-order valence-corrected chi connectivity index (χ3v) is 14.1. The van der Waals surface area contributed by atoms with E-state index in [0.29, 0.717) is 19.3 Å². The molecule has 0 saturated carbocycles. The molecule has 0 heterocycles. The molecule has 0 amide bonds. The van der Waals surface area contributed by atoms with Gasteiger partial charge in [-0.2, -0.15) is 0 Å². The molecule has 6 nitrogen and oxygen atoms in total. The molecule has 1 unspecified atom stereocenters. The van der Waals surface area contributed by atoms with Gasteiger partial charge in [-0.3, -0.25) is 14.4 Å². The summed E-state index contributed by atoms with van der Waals surface area (Å²) in [6.45, 7) is 6.49. The Morgan fingerprint density at radius 2 is 0.519 bits per heavy atom. The van der Waals surface area contributed by atoms with Crippen LogP contribution in [-0.4, -0.2) is 37.2 Å². The van der Waals surface area contributed by atoms with Crippen LogP contribution in [0.3, 0.4) is 0 Å². The molecule has 0 aromatic rings. The van der Waals surface area contributed by atoms with E-state index in [2.05, 4.69) is 118 Å². The van der Waals surface area contributed by atoms with Crippen molar-refractivity contribution in [2.75, 3.05) is 13.2 Å². The normalized spacial score (nSPS) is 12.7. The molecule has 0 aromatic heterocycles. The van der Waals surface area contributed by atoms with Gasteiger partial charge in [-0.1, -0.05) is 298 Å². The molecule has 0 N–H and O–H groups in total. The van der Waals surface area contributed by atoms with Crippen LogP contribution in [0.2, 0.25) is 0 Å². The second kappa shape index (κ2) is 64.9. The average molecular weight is 1070 g/mol. The van der Waals surface area contributed by atoms with Crippen LogP contribution in [0.1, 0.15) is 316 Å². The first-order valence-electron chi connectivity index (χ1n) is 32.7. The molecule has 442 valence electrons. The zero-order chi connectivity index (χ0) is 55.7. The lowest BCUT2D eigenvalue weighted by Gasteiger charge is -2.18.